The number of hydrogen-bond acceptors (Lipinski definition) is 6. The molecule has 0 aliphatic carbocycles. The van der Waals surface area contributed by atoms with Crippen molar-refractivity contribution in [3.8, 4) is 17.1 Å². The number of aryl methyl sites for hydroxylation is 2. The third kappa shape index (κ3) is 3.78. The fourth-order valence-electron chi connectivity index (χ4n) is 3.57. The first-order chi connectivity index (χ1) is 14.1. The van der Waals surface area contributed by atoms with Crippen LogP contribution in [-0.2, 0) is 7.05 Å². The van der Waals surface area contributed by atoms with Crippen molar-refractivity contribution in [1.82, 2.24) is 24.9 Å². The molecule has 3 aromatic rings. The summed E-state index contributed by atoms with van der Waals surface area (Å²) in [6.07, 6.45) is 1.70. The van der Waals surface area contributed by atoms with E-state index in [1.165, 1.54) is 12.7 Å². The van der Waals surface area contributed by atoms with Gasteiger partial charge in [-0.25, -0.2) is 0 Å². The van der Waals surface area contributed by atoms with Crippen LogP contribution in [0.1, 0.15) is 15.9 Å². The number of carbonyl (C=O) groups excluding carboxylic acids is 1. The van der Waals surface area contributed by atoms with E-state index in [0.29, 0.717) is 37.6 Å². The lowest BCUT2D eigenvalue weighted by Gasteiger charge is -2.35. The van der Waals surface area contributed by atoms with E-state index in [1.54, 1.807) is 17.9 Å². The van der Waals surface area contributed by atoms with Crippen LogP contribution < -0.4 is 9.64 Å². The van der Waals surface area contributed by atoms with Crippen LogP contribution in [0, 0.1) is 6.92 Å². The van der Waals surface area contributed by atoms with Crippen LogP contribution in [0.2, 0.25) is 0 Å². The van der Waals surface area contributed by atoms with Crippen molar-refractivity contribution in [1.29, 1.82) is 0 Å². The number of carbonyl (C=O) groups is 1. The highest BCUT2D eigenvalue weighted by atomic mass is 16.5. The lowest BCUT2D eigenvalue weighted by atomic mass is 10.1. The fraction of sp³-hybridized carbons (Fsp3) is 0.333. The smallest absolute Gasteiger partial charge is 0.261 e. The van der Waals surface area contributed by atoms with Crippen LogP contribution in [0.4, 0.5) is 5.82 Å². The van der Waals surface area contributed by atoms with Crippen molar-refractivity contribution in [3.63, 3.8) is 0 Å². The number of amides is 1. The molecule has 0 spiro atoms. The Morgan fingerprint density at radius 3 is 2.45 bits per heavy atom. The number of piperazine rings is 1. The Kier molecular flexibility index (Phi) is 5.16. The molecule has 29 heavy (non-hydrogen) atoms. The first kappa shape index (κ1) is 18.9. The highest BCUT2D eigenvalue weighted by Crippen LogP contribution is 2.23. The van der Waals surface area contributed by atoms with E-state index in [-0.39, 0.29) is 5.91 Å². The monoisotopic (exact) mass is 392 g/mol. The van der Waals surface area contributed by atoms with Gasteiger partial charge in [-0.05, 0) is 24.6 Å². The average Bonchev–Trinajstić information content (AvgIpc) is 3.14. The summed E-state index contributed by atoms with van der Waals surface area (Å²) in [5.74, 6) is 1.13. The van der Waals surface area contributed by atoms with Crippen LogP contribution in [0.15, 0.2) is 42.6 Å². The normalized spacial score (nSPS) is 14.2. The maximum absolute atomic E-state index is 12.8. The molecule has 0 saturated carbocycles. The lowest BCUT2D eigenvalue weighted by molar-refractivity contribution is 0.0743. The van der Waals surface area contributed by atoms with Crippen molar-refractivity contribution in [2.45, 2.75) is 6.92 Å². The molecule has 4 rings (SSSR count). The second-order valence-corrected chi connectivity index (χ2v) is 7.10. The van der Waals surface area contributed by atoms with Crippen LogP contribution in [0.25, 0.3) is 11.3 Å². The summed E-state index contributed by atoms with van der Waals surface area (Å²) in [5.41, 5.74) is 3.62. The zero-order valence-electron chi connectivity index (χ0n) is 16.9. The second kappa shape index (κ2) is 7.90. The SMILES string of the molecule is COc1nn(C)cc1C(=O)N1CCN(c2ccc(-c3ccccc3C)nn2)CC1. The number of hydrogen-bond donors (Lipinski definition) is 0. The van der Waals surface area contributed by atoms with Gasteiger partial charge >= 0.3 is 0 Å². The van der Waals surface area contributed by atoms with E-state index >= 15 is 0 Å². The van der Waals surface area contributed by atoms with Gasteiger partial charge in [-0.1, -0.05) is 24.3 Å². The average molecular weight is 392 g/mol. The van der Waals surface area contributed by atoms with Gasteiger partial charge in [0, 0.05) is 45.0 Å². The molecule has 1 aliphatic heterocycles. The Bertz CT molecular complexity index is 1010. The van der Waals surface area contributed by atoms with Crippen molar-refractivity contribution in [2.24, 2.45) is 7.05 Å². The number of rotatable bonds is 4. The van der Waals surface area contributed by atoms with Gasteiger partial charge in [0.15, 0.2) is 5.82 Å². The van der Waals surface area contributed by atoms with Gasteiger partial charge in [-0.2, -0.15) is 0 Å². The molecule has 0 unspecified atom stereocenters. The number of aromatic nitrogens is 4. The zero-order chi connectivity index (χ0) is 20.4. The van der Waals surface area contributed by atoms with Crippen molar-refractivity contribution in [2.75, 3.05) is 38.2 Å². The van der Waals surface area contributed by atoms with E-state index in [0.717, 1.165) is 17.1 Å². The molecule has 0 radical (unpaired) electrons. The second-order valence-electron chi connectivity index (χ2n) is 7.10. The molecule has 3 heterocycles. The molecule has 0 atom stereocenters. The van der Waals surface area contributed by atoms with Gasteiger partial charge in [0.1, 0.15) is 5.56 Å². The van der Waals surface area contributed by atoms with Gasteiger partial charge in [0.05, 0.1) is 12.8 Å². The highest BCUT2D eigenvalue weighted by Gasteiger charge is 2.26. The van der Waals surface area contributed by atoms with Crippen LogP contribution in [-0.4, -0.2) is 64.1 Å². The lowest BCUT2D eigenvalue weighted by Crippen LogP contribution is -2.49. The topological polar surface area (TPSA) is 76.4 Å². The third-order valence-corrected chi connectivity index (χ3v) is 5.18. The van der Waals surface area contributed by atoms with Crippen LogP contribution in [0.5, 0.6) is 5.88 Å². The van der Waals surface area contributed by atoms with E-state index < -0.39 is 0 Å². The molecule has 8 heteroatoms. The number of nitrogens with zero attached hydrogens (tertiary/aromatic N) is 6. The highest BCUT2D eigenvalue weighted by molar-refractivity contribution is 5.96. The largest absolute Gasteiger partial charge is 0.479 e. The van der Waals surface area contributed by atoms with Crippen LogP contribution >= 0.6 is 0 Å². The van der Waals surface area contributed by atoms with E-state index in [1.807, 2.05) is 29.2 Å². The summed E-state index contributed by atoms with van der Waals surface area (Å²) in [7, 11) is 3.30. The number of benzene rings is 1. The molecule has 150 valence electrons. The van der Waals surface area contributed by atoms with E-state index in [2.05, 4.69) is 39.3 Å². The summed E-state index contributed by atoms with van der Waals surface area (Å²) in [5, 5.41) is 13.0. The van der Waals surface area contributed by atoms with Gasteiger partial charge < -0.3 is 14.5 Å². The molecule has 1 fully saturated rings. The van der Waals surface area contributed by atoms with Gasteiger partial charge in [-0.3, -0.25) is 9.48 Å². The molecule has 1 aromatic carbocycles. The van der Waals surface area contributed by atoms with Crippen LogP contribution in [0.3, 0.4) is 0 Å². The number of ether oxygens (including phenoxy) is 1. The molecule has 1 amide bonds. The molecule has 0 N–H and O–H groups in total. The maximum Gasteiger partial charge on any atom is 0.261 e. The van der Waals surface area contributed by atoms with Crippen molar-refractivity contribution in [3.05, 3.63) is 53.7 Å². The van der Waals surface area contributed by atoms with E-state index in [9.17, 15) is 4.79 Å². The summed E-state index contributed by atoms with van der Waals surface area (Å²) >= 11 is 0. The Morgan fingerprint density at radius 1 is 1.03 bits per heavy atom. The molecule has 0 bridgehead atoms. The molecular weight excluding hydrogens is 368 g/mol. The molecule has 1 aliphatic rings. The first-order valence-corrected chi connectivity index (χ1v) is 9.58. The number of methoxy groups -OCH3 is 1. The molecular formula is C21H24N6O2. The van der Waals surface area contributed by atoms with Gasteiger partial charge in [0.2, 0.25) is 5.88 Å². The molecule has 8 nitrogen and oxygen atoms in total. The van der Waals surface area contributed by atoms with Crippen molar-refractivity contribution < 1.29 is 9.53 Å². The quantitative estimate of drug-likeness (QED) is 0.677. The minimum Gasteiger partial charge on any atom is -0.479 e. The standard InChI is InChI=1S/C21H24N6O2/c1-15-6-4-5-7-16(15)18-8-9-19(23-22-18)26-10-12-27(13-11-26)21(28)17-14-25(2)24-20(17)29-3/h4-9,14H,10-13H2,1-3H3. The fourth-order valence-corrected chi connectivity index (χ4v) is 3.57. The summed E-state index contributed by atoms with van der Waals surface area (Å²) in [4.78, 5) is 16.8. The van der Waals surface area contributed by atoms with Gasteiger partial charge in [-0.15, -0.1) is 15.3 Å². The predicted octanol–water partition coefficient (Wildman–Crippen LogP) is 2.16. The van der Waals surface area contributed by atoms with Crippen molar-refractivity contribution >= 4 is 11.7 Å². The Balaban J connectivity index is 1.42. The minimum atomic E-state index is -0.0596. The Labute approximate surface area is 169 Å². The first-order valence-electron chi connectivity index (χ1n) is 9.58. The maximum atomic E-state index is 12.8. The number of anilines is 1. The predicted molar refractivity (Wildman–Crippen MR) is 110 cm³/mol. The molecule has 2 aromatic heterocycles. The Hall–Kier alpha value is -3.42. The third-order valence-electron chi connectivity index (χ3n) is 5.18. The minimum absolute atomic E-state index is 0.0596. The zero-order valence-corrected chi connectivity index (χ0v) is 16.9. The summed E-state index contributed by atoms with van der Waals surface area (Å²) in [6, 6.07) is 12.1. The van der Waals surface area contributed by atoms with Gasteiger partial charge in [0.25, 0.3) is 5.91 Å². The molecule has 1 saturated heterocycles. The summed E-state index contributed by atoms with van der Waals surface area (Å²) < 4.78 is 6.81. The summed E-state index contributed by atoms with van der Waals surface area (Å²) in [6.45, 7) is 4.69. The Morgan fingerprint density at radius 2 is 1.79 bits per heavy atom. The van der Waals surface area contributed by atoms with E-state index in [4.69, 9.17) is 4.74 Å².